The van der Waals surface area contributed by atoms with E-state index in [1.54, 1.807) is 0 Å². The maximum Gasteiger partial charge on any atom is 0.161 e. The van der Waals surface area contributed by atoms with Crippen LogP contribution in [0.15, 0.2) is 36.4 Å². The van der Waals surface area contributed by atoms with Gasteiger partial charge in [-0.25, -0.2) is 9.97 Å². The Balaban J connectivity index is 1.28. The fourth-order valence-electron chi connectivity index (χ4n) is 4.76. The second-order valence-electron chi connectivity index (χ2n) is 9.26. The molecular formula is C25H32N6. The molecule has 0 spiro atoms. The van der Waals surface area contributed by atoms with Crippen molar-refractivity contribution in [2.24, 2.45) is 5.92 Å². The van der Waals surface area contributed by atoms with Crippen molar-refractivity contribution in [1.29, 1.82) is 0 Å². The summed E-state index contributed by atoms with van der Waals surface area (Å²) in [7, 11) is 0. The molecule has 1 aliphatic carbocycles. The van der Waals surface area contributed by atoms with Crippen LogP contribution in [0.4, 0.5) is 5.82 Å². The SMILES string of the molecule is CC(C)Cc1cc(CN2CCN(c3nc(-c4ccccc4)nc4c3CCC4)CC2)[nH]n1. The first-order chi connectivity index (χ1) is 15.2. The molecular weight excluding hydrogens is 384 g/mol. The van der Waals surface area contributed by atoms with E-state index in [0.29, 0.717) is 5.92 Å². The molecule has 0 bridgehead atoms. The summed E-state index contributed by atoms with van der Waals surface area (Å²) in [4.78, 5) is 15.0. The molecule has 1 N–H and O–H groups in total. The van der Waals surface area contributed by atoms with E-state index >= 15 is 0 Å². The summed E-state index contributed by atoms with van der Waals surface area (Å²) in [5, 5.41) is 7.72. The molecule has 6 nitrogen and oxygen atoms in total. The third kappa shape index (κ3) is 4.49. The van der Waals surface area contributed by atoms with Gasteiger partial charge in [0, 0.05) is 55.2 Å². The fourth-order valence-corrected chi connectivity index (χ4v) is 4.76. The van der Waals surface area contributed by atoms with E-state index in [9.17, 15) is 0 Å². The van der Waals surface area contributed by atoms with Gasteiger partial charge in [-0.2, -0.15) is 5.10 Å². The van der Waals surface area contributed by atoms with Gasteiger partial charge in [0.15, 0.2) is 5.82 Å². The summed E-state index contributed by atoms with van der Waals surface area (Å²) in [6.45, 7) is 9.50. The van der Waals surface area contributed by atoms with Gasteiger partial charge in [0.05, 0.1) is 5.69 Å². The molecule has 0 saturated carbocycles. The molecule has 5 rings (SSSR count). The maximum atomic E-state index is 5.06. The highest BCUT2D eigenvalue weighted by Gasteiger charge is 2.26. The van der Waals surface area contributed by atoms with Crippen LogP contribution < -0.4 is 4.90 Å². The van der Waals surface area contributed by atoms with Crippen LogP contribution in [0.3, 0.4) is 0 Å². The first-order valence-electron chi connectivity index (χ1n) is 11.6. The monoisotopic (exact) mass is 416 g/mol. The van der Waals surface area contributed by atoms with Gasteiger partial charge in [0.1, 0.15) is 5.82 Å². The lowest BCUT2D eigenvalue weighted by Gasteiger charge is -2.36. The van der Waals surface area contributed by atoms with E-state index in [1.165, 1.54) is 34.9 Å². The first kappa shape index (κ1) is 20.2. The quantitative estimate of drug-likeness (QED) is 0.661. The molecule has 0 amide bonds. The number of piperazine rings is 1. The van der Waals surface area contributed by atoms with Crippen molar-refractivity contribution in [3.05, 3.63) is 59.0 Å². The topological polar surface area (TPSA) is 60.9 Å². The Labute approximate surface area is 184 Å². The summed E-state index contributed by atoms with van der Waals surface area (Å²) in [5.41, 5.74) is 6.13. The number of nitrogens with one attached hydrogen (secondary N) is 1. The van der Waals surface area contributed by atoms with Crippen molar-refractivity contribution in [1.82, 2.24) is 25.1 Å². The second-order valence-corrected chi connectivity index (χ2v) is 9.26. The number of hydrogen-bond acceptors (Lipinski definition) is 5. The average molecular weight is 417 g/mol. The van der Waals surface area contributed by atoms with E-state index < -0.39 is 0 Å². The third-order valence-corrected chi connectivity index (χ3v) is 6.31. The zero-order valence-electron chi connectivity index (χ0n) is 18.6. The van der Waals surface area contributed by atoms with Crippen molar-refractivity contribution < 1.29 is 0 Å². The molecule has 31 heavy (non-hydrogen) atoms. The molecule has 3 aromatic rings. The van der Waals surface area contributed by atoms with E-state index in [4.69, 9.17) is 9.97 Å². The van der Waals surface area contributed by atoms with Crippen LogP contribution in [0.1, 0.15) is 42.9 Å². The number of aromatic nitrogens is 4. The number of aromatic amines is 1. The van der Waals surface area contributed by atoms with Gasteiger partial charge in [-0.15, -0.1) is 0 Å². The highest BCUT2D eigenvalue weighted by atomic mass is 15.3. The van der Waals surface area contributed by atoms with Crippen molar-refractivity contribution >= 4 is 5.82 Å². The molecule has 1 aliphatic heterocycles. The van der Waals surface area contributed by atoms with Crippen molar-refractivity contribution in [3.8, 4) is 11.4 Å². The summed E-state index contributed by atoms with van der Waals surface area (Å²) in [5.74, 6) is 2.67. The van der Waals surface area contributed by atoms with E-state index in [0.717, 1.165) is 63.4 Å². The number of hydrogen-bond donors (Lipinski definition) is 1. The van der Waals surface area contributed by atoms with Crippen molar-refractivity contribution in [2.75, 3.05) is 31.1 Å². The smallest absolute Gasteiger partial charge is 0.161 e. The van der Waals surface area contributed by atoms with Crippen LogP contribution in [0.2, 0.25) is 0 Å². The van der Waals surface area contributed by atoms with Crippen LogP contribution in [0.5, 0.6) is 0 Å². The van der Waals surface area contributed by atoms with E-state index in [-0.39, 0.29) is 0 Å². The Morgan fingerprint density at radius 2 is 1.81 bits per heavy atom. The van der Waals surface area contributed by atoms with Gasteiger partial charge < -0.3 is 4.90 Å². The minimum Gasteiger partial charge on any atom is -0.354 e. The number of fused-ring (bicyclic) bond motifs is 1. The molecule has 1 fully saturated rings. The lowest BCUT2D eigenvalue weighted by Crippen LogP contribution is -2.46. The minimum absolute atomic E-state index is 0.634. The molecule has 6 heteroatoms. The van der Waals surface area contributed by atoms with Gasteiger partial charge in [-0.3, -0.25) is 10.00 Å². The summed E-state index contributed by atoms with van der Waals surface area (Å²) >= 11 is 0. The fraction of sp³-hybridized carbons (Fsp3) is 0.480. The molecule has 0 unspecified atom stereocenters. The number of rotatable bonds is 6. The number of anilines is 1. The lowest BCUT2D eigenvalue weighted by atomic mass is 10.1. The summed E-state index contributed by atoms with van der Waals surface area (Å²) in [6, 6.07) is 12.6. The van der Waals surface area contributed by atoms with Crippen molar-refractivity contribution in [2.45, 2.75) is 46.1 Å². The van der Waals surface area contributed by atoms with Crippen LogP contribution in [0, 0.1) is 5.92 Å². The zero-order valence-corrected chi connectivity index (χ0v) is 18.6. The lowest BCUT2D eigenvalue weighted by molar-refractivity contribution is 0.246. The minimum atomic E-state index is 0.634. The van der Waals surface area contributed by atoms with Crippen LogP contribution in [0.25, 0.3) is 11.4 Å². The second kappa shape index (κ2) is 8.79. The Hall–Kier alpha value is -2.73. The van der Waals surface area contributed by atoms with Crippen LogP contribution >= 0.6 is 0 Å². The highest BCUT2D eigenvalue weighted by molar-refractivity contribution is 5.61. The third-order valence-electron chi connectivity index (χ3n) is 6.31. The Bertz CT molecular complexity index is 1020. The van der Waals surface area contributed by atoms with Crippen LogP contribution in [-0.4, -0.2) is 51.2 Å². The largest absolute Gasteiger partial charge is 0.354 e. The molecule has 1 saturated heterocycles. The molecule has 2 aromatic heterocycles. The Morgan fingerprint density at radius 3 is 2.58 bits per heavy atom. The molecule has 0 atom stereocenters. The zero-order chi connectivity index (χ0) is 21.2. The number of H-pyrrole nitrogens is 1. The molecule has 1 aromatic carbocycles. The van der Waals surface area contributed by atoms with Gasteiger partial charge in [-0.1, -0.05) is 44.2 Å². The molecule has 162 valence electrons. The predicted molar refractivity (Wildman–Crippen MR) is 124 cm³/mol. The molecule has 2 aliphatic rings. The van der Waals surface area contributed by atoms with Crippen molar-refractivity contribution in [3.63, 3.8) is 0 Å². The number of benzene rings is 1. The van der Waals surface area contributed by atoms with Gasteiger partial charge >= 0.3 is 0 Å². The summed E-state index contributed by atoms with van der Waals surface area (Å²) < 4.78 is 0. The van der Waals surface area contributed by atoms with Gasteiger partial charge in [-0.05, 0) is 37.7 Å². The van der Waals surface area contributed by atoms with E-state index in [2.05, 4.69) is 64.2 Å². The normalized spacial score (nSPS) is 16.8. The predicted octanol–water partition coefficient (Wildman–Crippen LogP) is 3.88. The standard InChI is InChI=1S/C25H32N6/c1-18(2)15-20-16-21(29-28-20)17-30-11-13-31(14-12-30)25-22-9-6-10-23(22)26-24(27-25)19-7-4-3-5-8-19/h3-5,7-8,16,18H,6,9-15,17H2,1-2H3,(H,28,29). The van der Waals surface area contributed by atoms with E-state index in [1.807, 2.05) is 6.07 Å². The Morgan fingerprint density at radius 1 is 1.00 bits per heavy atom. The van der Waals surface area contributed by atoms with Crippen LogP contribution in [-0.2, 0) is 25.8 Å². The summed E-state index contributed by atoms with van der Waals surface area (Å²) in [6.07, 6.45) is 4.40. The average Bonchev–Trinajstić information content (AvgIpc) is 3.43. The molecule has 0 radical (unpaired) electrons. The first-order valence-corrected chi connectivity index (χ1v) is 11.6. The Kier molecular flexibility index (Phi) is 5.72. The van der Waals surface area contributed by atoms with Gasteiger partial charge in [0.25, 0.3) is 0 Å². The maximum absolute atomic E-state index is 5.06. The number of nitrogens with zero attached hydrogens (tertiary/aromatic N) is 5. The molecule has 3 heterocycles. The number of aryl methyl sites for hydroxylation is 1. The van der Waals surface area contributed by atoms with Gasteiger partial charge in [0.2, 0.25) is 0 Å². The highest BCUT2D eigenvalue weighted by Crippen LogP contribution is 2.32.